The third kappa shape index (κ3) is 5.24. The molecule has 0 aliphatic heterocycles. The molecule has 0 aliphatic rings. The van der Waals surface area contributed by atoms with E-state index >= 15 is 0 Å². The van der Waals surface area contributed by atoms with Crippen LogP contribution in [0.25, 0.3) is 0 Å². The van der Waals surface area contributed by atoms with Crippen molar-refractivity contribution in [2.45, 2.75) is 11.8 Å². The molecule has 0 bridgehead atoms. The van der Waals surface area contributed by atoms with E-state index in [1.807, 2.05) is 0 Å². The molecule has 0 fully saturated rings. The topological polar surface area (TPSA) is 84.5 Å². The van der Waals surface area contributed by atoms with Crippen LogP contribution in [0.3, 0.4) is 0 Å². The highest BCUT2D eigenvalue weighted by Gasteiger charge is 2.19. The summed E-state index contributed by atoms with van der Waals surface area (Å²) in [6.45, 7) is 2.14. The van der Waals surface area contributed by atoms with Crippen molar-refractivity contribution in [2.24, 2.45) is 0 Å². The van der Waals surface area contributed by atoms with E-state index in [0.717, 1.165) is 0 Å². The molecule has 0 spiro atoms. The maximum atomic E-state index is 12.8. The van der Waals surface area contributed by atoms with Gasteiger partial charge in [0.1, 0.15) is 5.75 Å². The highest BCUT2D eigenvalue weighted by Crippen LogP contribution is 2.30. The van der Waals surface area contributed by atoms with Gasteiger partial charge in [-0.25, -0.2) is 8.42 Å². The predicted molar refractivity (Wildman–Crippen MR) is 119 cm³/mol. The molecule has 3 aromatic rings. The highest BCUT2D eigenvalue weighted by atomic mass is 35.5. The van der Waals surface area contributed by atoms with E-state index in [9.17, 15) is 13.2 Å². The second-order valence-electron chi connectivity index (χ2n) is 6.15. The molecule has 3 aromatic carbocycles. The first-order chi connectivity index (χ1) is 14.3. The number of nitrogens with one attached hydrogen (secondary N) is 2. The molecule has 6 nitrogen and oxygen atoms in total. The number of amides is 1. The van der Waals surface area contributed by atoms with E-state index in [-0.39, 0.29) is 27.2 Å². The van der Waals surface area contributed by atoms with Gasteiger partial charge in [0.05, 0.1) is 32.9 Å². The molecule has 0 unspecified atom stereocenters. The Hall–Kier alpha value is -2.74. The normalized spacial score (nSPS) is 11.0. The quantitative estimate of drug-likeness (QED) is 0.486. The first kappa shape index (κ1) is 22.0. The van der Waals surface area contributed by atoms with Gasteiger partial charge in [-0.1, -0.05) is 41.4 Å². The Morgan fingerprint density at radius 1 is 0.967 bits per heavy atom. The van der Waals surface area contributed by atoms with Crippen LogP contribution < -0.4 is 14.8 Å². The molecule has 0 aliphatic carbocycles. The number of rotatable bonds is 7. The van der Waals surface area contributed by atoms with E-state index in [1.54, 1.807) is 37.3 Å². The number of carbonyl (C=O) groups is 1. The van der Waals surface area contributed by atoms with E-state index in [1.165, 1.54) is 36.4 Å². The summed E-state index contributed by atoms with van der Waals surface area (Å²) in [6.07, 6.45) is 0. The maximum absolute atomic E-state index is 12.8. The minimum atomic E-state index is -3.96. The Labute approximate surface area is 184 Å². The van der Waals surface area contributed by atoms with Crippen molar-refractivity contribution >= 4 is 50.5 Å². The van der Waals surface area contributed by atoms with Gasteiger partial charge < -0.3 is 10.1 Å². The second kappa shape index (κ2) is 9.38. The minimum absolute atomic E-state index is 0.0552. The maximum Gasteiger partial charge on any atom is 0.261 e. The SMILES string of the molecule is CCOc1ccc(S(=O)(=O)Nc2ccc(Cl)c(Cl)c2)cc1NC(=O)c1ccccc1. The van der Waals surface area contributed by atoms with E-state index in [2.05, 4.69) is 10.0 Å². The molecule has 0 saturated heterocycles. The number of benzene rings is 3. The Morgan fingerprint density at radius 2 is 1.70 bits per heavy atom. The Morgan fingerprint density at radius 3 is 2.37 bits per heavy atom. The van der Waals surface area contributed by atoms with Crippen molar-refractivity contribution in [3.05, 3.63) is 82.3 Å². The van der Waals surface area contributed by atoms with Crippen LogP contribution in [0.4, 0.5) is 11.4 Å². The van der Waals surface area contributed by atoms with Gasteiger partial charge in [0.15, 0.2) is 0 Å². The van der Waals surface area contributed by atoms with Crippen LogP contribution in [0.5, 0.6) is 5.75 Å². The van der Waals surface area contributed by atoms with Crippen molar-refractivity contribution in [1.82, 2.24) is 0 Å². The average molecular weight is 465 g/mol. The molecule has 3 rings (SSSR count). The summed E-state index contributed by atoms with van der Waals surface area (Å²) in [5.41, 5.74) is 0.929. The fourth-order valence-corrected chi connectivity index (χ4v) is 3.99. The predicted octanol–water partition coefficient (Wildman–Crippen LogP) is 5.45. The Bertz CT molecular complexity index is 1170. The van der Waals surface area contributed by atoms with Gasteiger partial charge in [0.25, 0.3) is 15.9 Å². The van der Waals surface area contributed by atoms with Crippen LogP contribution in [-0.4, -0.2) is 20.9 Å². The van der Waals surface area contributed by atoms with Crippen molar-refractivity contribution < 1.29 is 17.9 Å². The number of anilines is 2. The lowest BCUT2D eigenvalue weighted by atomic mass is 10.2. The van der Waals surface area contributed by atoms with Crippen molar-refractivity contribution in [1.29, 1.82) is 0 Å². The highest BCUT2D eigenvalue weighted by molar-refractivity contribution is 7.92. The zero-order valence-electron chi connectivity index (χ0n) is 15.9. The molecule has 0 heterocycles. The second-order valence-corrected chi connectivity index (χ2v) is 8.64. The van der Waals surface area contributed by atoms with E-state index in [4.69, 9.17) is 27.9 Å². The lowest BCUT2D eigenvalue weighted by Gasteiger charge is -2.14. The summed E-state index contributed by atoms with van der Waals surface area (Å²) >= 11 is 11.8. The monoisotopic (exact) mass is 464 g/mol. The summed E-state index contributed by atoms with van der Waals surface area (Å²) in [5.74, 6) is -0.0289. The van der Waals surface area contributed by atoms with Gasteiger partial charge in [-0.05, 0) is 55.5 Å². The molecule has 156 valence electrons. The third-order valence-corrected chi connectivity index (χ3v) is 6.14. The van der Waals surface area contributed by atoms with Crippen LogP contribution in [0.1, 0.15) is 17.3 Å². The van der Waals surface area contributed by atoms with Crippen LogP contribution in [0, 0.1) is 0 Å². The van der Waals surface area contributed by atoms with Crippen LogP contribution in [0.15, 0.2) is 71.6 Å². The molecule has 30 heavy (non-hydrogen) atoms. The minimum Gasteiger partial charge on any atom is -0.492 e. The van der Waals surface area contributed by atoms with Crippen LogP contribution in [0.2, 0.25) is 10.0 Å². The van der Waals surface area contributed by atoms with Gasteiger partial charge in [0.2, 0.25) is 0 Å². The number of halogens is 2. The number of hydrogen-bond acceptors (Lipinski definition) is 4. The molecule has 2 N–H and O–H groups in total. The molecular weight excluding hydrogens is 447 g/mol. The summed E-state index contributed by atoms with van der Waals surface area (Å²) in [6, 6.07) is 17.2. The molecule has 1 amide bonds. The fourth-order valence-electron chi connectivity index (χ4n) is 2.61. The third-order valence-electron chi connectivity index (χ3n) is 4.02. The Kier molecular flexibility index (Phi) is 6.87. The largest absolute Gasteiger partial charge is 0.492 e. The van der Waals surface area contributed by atoms with Gasteiger partial charge >= 0.3 is 0 Å². The summed E-state index contributed by atoms with van der Waals surface area (Å²) in [7, 11) is -3.96. The first-order valence-corrected chi connectivity index (χ1v) is 11.1. The smallest absolute Gasteiger partial charge is 0.261 e. The zero-order chi connectivity index (χ0) is 21.7. The molecular formula is C21H18Cl2N2O4S. The van der Waals surface area contributed by atoms with E-state index in [0.29, 0.717) is 22.9 Å². The van der Waals surface area contributed by atoms with Crippen molar-refractivity contribution in [3.63, 3.8) is 0 Å². The summed E-state index contributed by atoms with van der Waals surface area (Å²) in [5, 5.41) is 3.24. The molecule has 9 heteroatoms. The molecule has 0 atom stereocenters. The fraction of sp³-hybridized carbons (Fsp3) is 0.0952. The number of hydrogen-bond donors (Lipinski definition) is 2. The van der Waals surface area contributed by atoms with Gasteiger partial charge in [0, 0.05) is 5.56 Å². The first-order valence-electron chi connectivity index (χ1n) is 8.91. The number of ether oxygens (including phenoxy) is 1. The standard InChI is InChI=1S/C21H18Cl2N2O4S/c1-2-29-20-11-9-16(13-19(20)24-21(26)14-6-4-3-5-7-14)30(27,28)25-15-8-10-17(22)18(23)12-15/h3-13,25H,2H2,1H3,(H,24,26). The number of carbonyl (C=O) groups excluding carboxylic acids is 1. The van der Waals surface area contributed by atoms with Crippen molar-refractivity contribution in [2.75, 3.05) is 16.6 Å². The van der Waals surface area contributed by atoms with Gasteiger partial charge in [-0.3, -0.25) is 9.52 Å². The van der Waals surface area contributed by atoms with Gasteiger partial charge in [-0.2, -0.15) is 0 Å². The Balaban J connectivity index is 1.92. The number of sulfonamides is 1. The molecule has 0 aromatic heterocycles. The molecule has 0 saturated carbocycles. The van der Waals surface area contributed by atoms with Gasteiger partial charge in [-0.15, -0.1) is 0 Å². The summed E-state index contributed by atoms with van der Waals surface area (Å²) in [4.78, 5) is 12.5. The zero-order valence-corrected chi connectivity index (χ0v) is 18.2. The average Bonchev–Trinajstić information content (AvgIpc) is 2.72. The lowest BCUT2D eigenvalue weighted by molar-refractivity contribution is 0.102. The molecule has 0 radical (unpaired) electrons. The van der Waals surface area contributed by atoms with Crippen molar-refractivity contribution in [3.8, 4) is 5.75 Å². The van der Waals surface area contributed by atoms with Crippen LogP contribution >= 0.6 is 23.2 Å². The van der Waals surface area contributed by atoms with Crippen LogP contribution in [-0.2, 0) is 10.0 Å². The summed E-state index contributed by atoms with van der Waals surface area (Å²) < 4.78 is 33.6. The van der Waals surface area contributed by atoms with E-state index < -0.39 is 10.0 Å². The lowest BCUT2D eigenvalue weighted by Crippen LogP contribution is -2.16.